The first-order valence-electron chi connectivity index (χ1n) is 8.64. The summed E-state index contributed by atoms with van der Waals surface area (Å²) in [6, 6.07) is 0. The SMILES string of the molecule is Cc1nc(CN2CC3(CCN(C(=O)[C@@H]4CCCO4)C3)CC2=O)cs1. The zero-order chi connectivity index (χ0) is 16.7. The second kappa shape index (κ2) is 6.11. The van der Waals surface area contributed by atoms with Crippen LogP contribution in [-0.2, 0) is 20.9 Å². The molecule has 1 spiro atoms. The van der Waals surface area contributed by atoms with Gasteiger partial charge in [0.1, 0.15) is 6.10 Å². The Labute approximate surface area is 145 Å². The Balaban J connectivity index is 1.40. The van der Waals surface area contributed by atoms with Crippen LogP contribution in [0.5, 0.6) is 0 Å². The van der Waals surface area contributed by atoms with Crippen molar-refractivity contribution in [2.45, 2.75) is 45.3 Å². The normalized spacial score (nSPS) is 30.0. The Morgan fingerprint density at radius 3 is 3.08 bits per heavy atom. The summed E-state index contributed by atoms with van der Waals surface area (Å²) in [5.74, 6) is 0.303. The number of nitrogens with zero attached hydrogens (tertiary/aromatic N) is 3. The zero-order valence-electron chi connectivity index (χ0n) is 14.0. The van der Waals surface area contributed by atoms with Gasteiger partial charge in [0.15, 0.2) is 0 Å². The van der Waals surface area contributed by atoms with E-state index in [0.717, 1.165) is 43.1 Å². The van der Waals surface area contributed by atoms with Crippen LogP contribution in [0.2, 0.25) is 0 Å². The minimum Gasteiger partial charge on any atom is -0.368 e. The molecule has 3 aliphatic rings. The average Bonchev–Trinajstić information content (AvgIpc) is 3.30. The molecule has 3 saturated heterocycles. The van der Waals surface area contributed by atoms with Gasteiger partial charge in [0.25, 0.3) is 5.91 Å². The number of amides is 2. The van der Waals surface area contributed by atoms with Crippen molar-refractivity contribution in [2.75, 3.05) is 26.2 Å². The van der Waals surface area contributed by atoms with E-state index < -0.39 is 0 Å². The van der Waals surface area contributed by atoms with Crippen LogP contribution in [0.25, 0.3) is 0 Å². The Bertz CT molecular complexity index is 655. The van der Waals surface area contributed by atoms with Crippen LogP contribution in [-0.4, -0.2) is 58.9 Å². The molecule has 0 bridgehead atoms. The Morgan fingerprint density at radius 2 is 2.38 bits per heavy atom. The van der Waals surface area contributed by atoms with E-state index in [1.54, 1.807) is 11.3 Å². The van der Waals surface area contributed by atoms with Crippen molar-refractivity contribution >= 4 is 23.2 Å². The number of carbonyl (C=O) groups is 2. The average molecular weight is 349 g/mol. The van der Waals surface area contributed by atoms with Crippen molar-refractivity contribution in [3.63, 3.8) is 0 Å². The van der Waals surface area contributed by atoms with Crippen molar-refractivity contribution < 1.29 is 14.3 Å². The number of carbonyl (C=O) groups excluding carboxylic acids is 2. The molecule has 2 amide bonds. The lowest BCUT2D eigenvalue weighted by molar-refractivity contribution is -0.140. The number of aromatic nitrogens is 1. The first-order chi connectivity index (χ1) is 11.5. The van der Waals surface area contributed by atoms with Gasteiger partial charge in [-0.2, -0.15) is 0 Å². The molecule has 130 valence electrons. The lowest BCUT2D eigenvalue weighted by atomic mass is 9.86. The van der Waals surface area contributed by atoms with Crippen molar-refractivity contribution in [1.82, 2.24) is 14.8 Å². The molecular formula is C17H23N3O3S. The molecule has 0 N–H and O–H groups in total. The number of hydrogen-bond donors (Lipinski definition) is 0. The van der Waals surface area contributed by atoms with Crippen LogP contribution in [0.3, 0.4) is 0 Å². The molecule has 0 saturated carbocycles. The standard InChI is InChI=1S/C17H23N3O3S/c1-12-18-13(9-24-12)8-20-11-17(7-15(20)21)4-5-19(10-17)16(22)14-3-2-6-23-14/h9,14H,2-8,10-11H2,1H3/t14-,17?/m0/s1. The highest BCUT2D eigenvalue weighted by Crippen LogP contribution is 2.41. The molecule has 4 rings (SSSR count). The van der Waals surface area contributed by atoms with Crippen molar-refractivity contribution in [2.24, 2.45) is 5.41 Å². The van der Waals surface area contributed by atoms with E-state index in [9.17, 15) is 9.59 Å². The third kappa shape index (κ3) is 2.95. The van der Waals surface area contributed by atoms with Crippen LogP contribution >= 0.6 is 11.3 Å². The van der Waals surface area contributed by atoms with E-state index in [2.05, 4.69) is 4.98 Å². The lowest BCUT2D eigenvalue weighted by Crippen LogP contribution is -2.39. The summed E-state index contributed by atoms with van der Waals surface area (Å²) in [6.07, 6.45) is 2.99. The van der Waals surface area contributed by atoms with E-state index in [4.69, 9.17) is 4.74 Å². The summed E-state index contributed by atoms with van der Waals surface area (Å²) in [4.78, 5) is 33.3. The fourth-order valence-electron chi connectivity index (χ4n) is 4.17. The molecule has 3 aliphatic heterocycles. The minimum atomic E-state index is -0.258. The Morgan fingerprint density at radius 1 is 1.50 bits per heavy atom. The first-order valence-corrected chi connectivity index (χ1v) is 9.52. The molecule has 0 aliphatic carbocycles. The lowest BCUT2D eigenvalue weighted by Gasteiger charge is -2.25. The number of likely N-dealkylation sites (tertiary alicyclic amines) is 2. The van der Waals surface area contributed by atoms with Crippen molar-refractivity contribution in [3.8, 4) is 0 Å². The highest BCUT2D eigenvalue weighted by atomic mass is 32.1. The van der Waals surface area contributed by atoms with Gasteiger partial charge in [-0.05, 0) is 26.2 Å². The van der Waals surface area contributed by atoms with Crippen LogP contribution in [0, 0.1) is 12.3 Å². The molecule has 0 radical (unpaired) electrons. The maximum Gasteiger partial charge on any atom is 0.251 e. The fourth-order valence-corrected chi connectivity index (χ4v) is 4.78. The van der Waals surface area contributed by atoms with E-state index in [1.807, 2.05) is 22.1 Å². The summed E-state index contributed by atoms with van der Waals surface area (Å²) in [6.45, 7) is 5.42. The van der Waals surface area contributed by atoms with Gasteiger partial charge in [-0.15, -0.1) is 11.3 Å². The molecule has 1 aromatic rings. The van der Waals surface area contributed by atoms with Crippen LogP contribution in [0.15, 0.2) is 5.38 Å². The Kier molecular flexibility index (Phi) is 4.08. The number of thiazole rings is 1. The summed E-state index contributed by atoms with van der Waals surface area (Å²) in [5.41, 5.74) is 0.893. The quantitative estimate of drug-likeness (QED) is 0.831. The number of rotatable bonds is 3. The molecule has 0 aromatic carbocycles. The third-order valence-corrected chi connectivity index (χ3v) is 6.20. The van der Waals surface area contributed by atoms with Crippen molar-refractivity contribution in [1.29, 1.82) is 0 Å². The second-order valence-corrected chi connectivity index (χ2v) is 8.36. The van der Waals surface area contributed by atoms with E-state index in [-0.39, 0.29) is 23.3 Å². The van der Waals surface area contributed by atoms with Gasteiger partial charge >= 0.3 is 0 Å². The number of aryl methyl sites for hydroxylation is 1. The van der Waals surface area contributed by atoms with Gasteiger partial charge < -0.3 is 14.5 Å². The highest BCUT2D eigenvalue weighted by Gasteiger charge is 2.49. The molecule has 1 unspecified atom stereocenters. The van der Waals surface area contributed by atoms with E-state index in [1.165, 1.54) is 0 Å². The molecule has 7 heteroatoms. The van der Waals surface area contributed by atoms with Crippen LogP contribution in [0.1, 0.15) is 36.4 Å². The topological polar surface area (TPSA) is 62.7 Å². The first kappa shape index (κ1) is 16.0. The van der Waals surface area contributed by atoms with Gasteiger partial charge in [0.2, 0.25) is 5.91 Å². The summed E-state index contributed by atoms with van der Waals surface area (Å²) in [5, 5.41) is 3.05. The van der Waals surface area contributed by atoms with Gasteiger partial charge in [0.05, 0.1) is 17.2 Å². The number of hydrogen-bond acceptors (Lipinski definition) is 5. The molecule has 1 aromatic heterocycles. The molecule has 3 fully saturated rings. The Hall–Kier alpha value is -1.47. The largest absolute Gasteiger partial charge is 0.368 e. The van der Waals surface area contributed by atoms with Gasteiger partial charge in [0, 0.05) is 43.5 Å². The van der Waals surface area contributed by atoms with Crippen LogP contribution in [0.4, 0.5) is 0 Å². The smallest absolute Gasteiger partial charge is 0.251 e. The zero-order valence-corrected chi connectivity index (χ0v) is 14.8. The van der Waals surface area contributed by atoms with Gasteiger partial charge in [-0.25, -0.2) is 4.98 Å². The predicted octanol–water partition coefficient (Wildman–Crippen LogP) is 1.58. The molecule has 24 heavy (non-hydrogen) atoms. The molecule has 6 nitrogen and oxygen atoms in total. The summed E-state index contributed by atoms with van der Waals surface area (Å²) in [7, 11) is 0. The van der Waals surface area contributed by atoms with Gasteiger partial charge in [-0.1, -0.05) is 0 Å². The number of ether oxygens (including phenoxy) is 1. The highest BCUT2D eigenvalue weighted by molar-refractivity contribution is 7.09. The monoisotopic (exact) mass is 349 g/mol. The van der Waals surface area contributed by atoms with Crippen molar-refractivity contribution in [3.05, 3.63) is 16.1 Å². The van der Waals surface area contributed by atoms with E-state index in [0.29, 0.717) is 26.1 Å². The maximum absolute atomic E-state index is 12.5. The summed E-state index contributed by atoms with van der Waals surface area (Å²) < 4.78 is 5.53. The third-order valence-electron chi connectivity index (χ3n) is 5.38. The summed E-state index contributed by atoms with van der Waals surface area (Å²) >= 11 is 1.62. The minimum absolute atomic E-state index is 0.0730. The fraction of sp³-hybridized carbons (Fsp3) is 0.706. The predicted molar refractivity (Wildman–Crippen MR) is 89.5 cm³/mol. The molecule has 4 heterocycles. The van der Waals surface area contributed by atoms with E-state index >= 15 is 0 Å². The maximum atomic E-state index is 12.5. The second-order valence-electron chi connectivity index (χ2n) is 7.30. The van der Waals surface area contributed by atoms with Gasteiger partial charge in [-0.3, -0.25) is 9.59 Å². The van der Waals surface area contributed by atoms with Crippen LogP contribution < -0.4 is 0 Å². The molecule has 2 atom stereocenters. The molecular weight excluding hydrogens is 326 g/mol.